The summed E-state index contributed by atoms with van der Waals surface area (Å²) in [6, 6.07) is 8.72. The van der Waals surface area contributed by atoms with E-state index in [9.17, 15) is 22.8 Å². The van der Waals surface area contributed by atoms with Crippen molar-refractivity contribution in [2.24, 2.45) is 5.92 Å². The number of hydrogen-bond acceptors (Lipinski definition) is 4. The van der Waals surface area contributed by atoms with Crippen LogP contribution >= 0.6 is 0 Å². The summed E-state index contributed by atoms with van der Waals surface area (Å²) in [5.74, 6) is -1.20. The van der Waals surface area contributed by atoms with Crippen LogP contribution in [-0.2, 0) is 35.2 Å². The maximum absolute atomic E-state index is 13.5. The monoisotopic (exact) mass is 483 g/mol. The van der Waals surface area contributed by atoms with E-state index in [0.29, 0.717) is 35.2 Å². The number of benzene rings is 1. The molecule has 0 unspecified atom stereocenters. The van der Waals surface area contributed by atoms with Crippen LogP contribution in [0.3, 0.4) is 0 Å². The first-order valence-corrected chi connectivity index (χ1v) is 11.2. The molecule has 35 heavy (non-hydrogen) atoms. The second-order valence-electron chi connectivity index (χ2n) is 8.66. The third-order valence-corrected chi connectivity index (χ3v) is 5.91. The molecule has 0 radical (unpaired) electrons. The van der Waals surface area contributed by atoms with E-state index in [1.54, 1.807) is 23.4 Å². The molecule has 1 amide bonds. The Kier molecular flexibility index (Phi) is 7.14. The number of rotatable bonds is 9. The number of aromatic nitrogens is 2. The first kappa shape index (κ1) is 24.4. The van der Waals surface area contributed by atoms with Gasteiger partial charge in [-0.05, 0) is 71.8 Å². The van der Waals surface area contributed by atoms with Gasteiger partial charge < -0.3 is 10.0 Å². The number of alkyl halides is 3. The predicted molar refractivity (Wildman–Crippen MR) is 122 cm³/mol. The summed E-state index contributed by atoms with van der Waals surface area (Å²) in [7, 11) is 0. The Hall–Kier alpha value is -3.75. The molecule has 1 fully saturated rings. The van der Waals surface area contributed by atoms with Crippen molar-refractivity contribution in [1.82, 2.24) is 14.9 Å². The molecule has 0 saturated heterocycles. The van der Waals surface area contributed by atoms with Gasteiger partial charge in [-0.15, -0.1) is 0 Å². The third kappa shape index (κ3) is 6.44. The van der Waals surface area contributed by atoms with Crippen molar-refractivity contribution in [2.75, 3.05) is 6.54 Å². The van der Waals surface area contributed by atoms with Gasteiger partial charge in [0.1, 0.15) is 0 Å². The van der Waals surface area contributed by atoms with Gasteiger partial charge in [0.05, 0.1) is 12.0 Å². The lowest BCUT2D eigenvalue weighted by molar-refractivity contribution is -0.138. The number of hydrogen-bond donors (Lipinski definition) is 1. The minimum atomic E-state index is -4.54. The molecule has 3 aromatic rings. The molecular weight excluding hydrogens is 459 g/mol. The fraction of sp³-hybridized carbons (Fsp3) is 0.308. The molecule has 0 bridgehead atoms. The predicted octanol–water partition coefficient (Wildman–Crippen LogP) is 4.77. The lowest BCUT2D eigenvalue weighted by Gasteiger charge is -2.25. The van der Waals surface area contributed by atoms with Crippen molar-refractivity contribution in [3.8, 4) is 11.1 Å². The van der Waals surface area contributed by atoms with Crippen molar-refractivity contribution < 1.29 is 27.9 Å². The Labute approximate surface area is 200 Å². The zero-order chi connectivity index (χ0) is 25.0. The molecule has 182 valence electrons. The van der Waals surface area contributed by atoms with Gasteiger partial charge in [-0.25, -0.2) is 0 Å². The van der Waals surface area contributed by atoms with Crippen LogP contribution in [0.25, 0.3) is 11.1 Å². The van der Waals surface area contributed by atoms with Crippen LogP contribution in [0.15, 0.2) is 61.2 Å². The summed E-state index contributed by atoms with van der Waals surface area (Å²) in [6.07, 6.45) is 3.52. The SMILES string of the molecule is O=C(O)Cc1cncc(-c2ccc(C(F)(F)F)cc2CN(CCc2ccncc2)C(=O)C2CC2)c1. The Balaban J connectivity index is 1.69. The lowest BCUT2D eigenvalue weighted by Crippen LogP contribution is -2.34. The highest BCUT2D eigenvalue weighted by Gasteiger charge is 2.35. The van der Waals surface area contributed by atoms with Gasteiger partial charge in [0.2, 0.25) is 5.91 Å². The molecule has 4 rings (SSSR count). The summed E-state index contributed by atoms with van der Waals surface area (Å²) in [6.45, 7) is 0.356. The van der Waals surface area contributed by atoms with E-state index in [1.807, 2.05) is 12.1 Å². The Morgan fingerprint density at radius 2 is 1.74 bits per heavy atom. The van der Waals surface area contributed by atoms with Gasteiger partial charge in [0.25, 0.3) is 0 Å². The minimum Gasteiger partial charge on any atom is -0.481 e. The minimum absolute atomic E-state index is 0.00281. The van der Waals surface area contributed by atoms with E-state index in [2.05, 4.69) is 9.97 Å². The Morgan fingerprint density at radius 1 is 1.00 bits per heavy atom. The largest absolute Gasteiger partial charge is 0.481 e. The highest BCUT2D eigenvalue weighted by molar-refractivity contribution is 5.81. The molecule has 1 saturated carbocycles. The average Bonchev–Trinajstić information content (AvgIpc) is 3.66. The van der Waals surface area contributed by atoms with E-state index in [-0.39, 0.29) is 24.8 Å². The maximum Gasteiger partial charge on any atom is 0.416 e. The van der Waals surface area contributed by atoms with Gasteiger partial charge in [0.15, 0.2) is 0 Å². The average molecular weight is 483 g/mol. The van der Waals surface area contributed by atoms with Crippen molar-refractivity contribution in [1.29, 1.82) is 0 Å². The number of carbonyl (C=O) groups is 2. The number of aliphatic carboxylic acids is 1. The smallest absolute Gasteiger partial charge is 0.416 e. The quantitative estimate of drug-likeness (QED) is 0.474. The summed E-state index contributed by atoms with van der Waals surface area (Å²) in [5, 5.41) is 9.10. The molecule has 6 nitrogen and oxygen atoms in total. The molecule has 1 aromatic carbocycles. The molecule has 2 heterocycles. The number of halogens is 3. The molecule has 1 N–H and O–H groups in total. The zero-order valence-corrected chi connectivity index (χ0v) is 18.8. The summed E-state index contributed by atoms with van der Waals surface area (Å²) >= 11 is 0. The Morgan fingerprint density at radius 3 is 2.40 bits per heavy atom. The van der Waals surface area contributed by atoms with Gasteiger partial charge in [0, 0.05) is 49.4 Å². The Bertz CT molecular complexity index is 1210. The third-order valence-electron chi connectivity index (χ3n) is 5.91. The van der Waals surface area contributed by atoms with Crippen LogP contribution in [0, 0.1) is 5.92 Å². The van der Waals surface area contributed by atoms with Crippen LogP contribution in [0.4, 0.5) is 13.2 Å². The number of carbonyl (C=O) groups excluding carboxylic acids is 1. The number of carboxylic acid groups (broad SMARTS) is 1. The highest BCUT2D eigenvalue weighted by atomic mass is 19.4. The molecule has 1 aliphatic carbocycles. The maximum atomic E-state index is 13.5. The second kappa shape index (κ2) is 10.2. The van der Waals surface area contributed by atoms with Crippen molar-refractivity contribution in [2.45, 2.75) is 38.4 Å². The number of carboxylic acids is 1. The van der Waals surface area contributed by atoms with E-state index in [1.165, 1.54) is 18.5 Å². The molecule has 2 aromatic heterocycles. The van der Waals surface area contributed by atoms with Crippen LogP contribution in [-0.4, -0.2) is 38.4 Å². The summed E-state index contributed by atoms with van der Waals surface area (Å²) in [5.41, 5.74) is 1.92. The van der Waals surface area contributed by atoms with Crippen LogP contribution in [0.2, 0.25) is 0 Å². The van der Waals surface area contributed by atoms with E-state index in [0.717, 1.165) is 30.5 Å². The topological polar surface area (TPSA) is 83.4 Å². The number of nitrogens with zero attached hydrogens (tertiary/aromatic N) is 3. The van der Waals surface area contributed by atoms with Gasteiger partial charge >= 0.3 is 12.1 Å². The van der Waals surface area contributed by atoms with Gasteiger partial charge in [-0.3, -0.25) is 19.6 Å². The molecule has 0 atom stereocenters. The van der Waals surface area contributed by atoms with Crippen LogP contribution in [0.5, 0.6) is 0 Å². The number of amides is 1. The molecule has 0 aliphatic heterocycles. The normalized spacial score (nSPS) is 13.5. The summed E-state index contributed by atoms with van der Waals surface area (Å²) in [4.78, 5) is 33.9. The first-order chi connectivity index (χ1) is 16.7. The fourth-order valence-electron chi connectivity index (χ4n) is 3.96. The molecule has 9 heteroatoms. The molecule has 1 aliphatic rings. The summed E-state index contributed by atoms with van der Waals surface area (Å²) < 4.78 is 40.6. The van der Waals surface area contributed by atoms with E-state index >= 15 is 0 Å². The lowest BCUT2D eigenvalue weighted by atomic mass is 9.96. The van der Waals surface area contributed by atoms with Gasteiger partial charge in [-0.2, -0.15) is 13.2 Å². The standard InChI is InChI=1S/C26H24F3N3O3/c27-26(28,29)22-3-4-23(20-11-18(12-24(33)34)14-31-15-20)21(13-22)16-32(25(35)19-1-2-19)10-7-17-5-8-30-9-6-17/h3-6,8-9,11,13-15,19H,1-2,7,10,12,16H2,(H,33,34). The van der Waals surface area contributed by atoms with Crippen molar-refractivity contribution in [3.63, 3.8) is 0 Å². The van der Waals surface area contributed by atoms with Crippen LogP contribution in [0.1, 0.15) is 35.1 Å². The molecular formula is C26H24F3N3O3. The van der Waals surface area contributed by atoms with Crippen molar-refractivity contribution in [3.05, 3.63) is 83.4 Å². The molecule has 0 spiro atoms. The number of pyridine rings is 2. The van der Waals surface area contributed by atoms with Crippen LogP contribution < -0.4 is 0 Å². The fourth-order valence-corrected chi connectivity index (χ4v) is 3.96. The first-order valence-electron chi connectivity index (χ1n) is 11.2. The zero-order valence-electron chi connectivity index (χ0n) is 18.8. The van der Waals surface area contributed by atoms with Crippen molar-refractivity contribution >= 4 is 11.9 Å². The van der Waals surface area contributed by atoms with Gasteiger partial charge in [-0.1, -0.05) is 6.07 Å². The highest BCUT2D eigenvalue weighted by Crippen LogP contribution is 2.36. The van der Waals surface area contributed by atoms with E-state index in [4.69, 9.17) is 5.11 Å². The second-order valence-corrected chi connectivity index (χ2v) is 8.66. The van der Waals surface area contributed by atoms with E-state index < -0.39 is 17.7 Å².